The zero-order chi connectivity index (χ0) is 11.7. The van der Waals surface area contributed by atoms with Gasteiger partial charge in [-0.3, -0.25) is 10.00 Å². The number of aromatic nitrogens is 2. The third-order valence-electron chi connectivity index (χ3n) is 3.27. The van der Waals surface area contributed by atoms with E-state index >= 15 is 0 Å². The molecule has 0 amide bonds. The van der Waals surface area contributed by atoms with Gasteiger partial charge in [0.1, 0.15) is 6.04 Å². The van der Waals surface area contributed by atoms with Crippen molar-refractivity contribution in [2.24, 2.45) is 0 Å². The molecule has 0 bridgehead atoms. The Morgan fingerprint density at radius 3 is 2.62 bits per heavy atom. The highest BCUT2D eigenvalue weighted by Crippen LogP contribution is 2.20. The van der Waals surface area contributed by atoms with E-state index < -0.39 is 0 Å². The molecule has 0 spiro atoms. The van der Waals surface area contributed by atoms with Crippen LogP contribution in [0.5, 0.6) is 0 Å². The average molecular weight is 218 g/mol. The van der Waals surface area contributed by atoms with Crippen molar-refractivity contribution in [1.82, 2.24) is 15.1 Å². The van der Waals surface area contributed by atoms with Crippen molar-refractivity contribution < 1.29 is 0 Å². The highest BCUT2D eigenvalue weighted by atomic mass is 15.3. The van der Waals surface area contributed by atoms with Crippen LogP contribution < -0.4 is 5.32 Å². The van der Waals surface area contributed by atoms with E-state index in [4.69, 9.17) is 5.26 Å². The molecule has 1 aliphatic carbocycles. The molecule has 1 unspecified atom stereocenters. The van der Waals surface area contributed by atoms with Crippen LogP contribution in [0.1, 0.15) is 29.8 Å². The number of hydrogen-bond donors (Lipinski definition) is 1. The normalized spacial score (nSPS) is 17.1. The van der Waals surface area contributed by atoms with E-state index in [1.807, 2.05) is 11.6 Å². The van der Waals surface area contributed by atoms with Gasteiger partial charge in [0.25, 0.3) is 0 Å². The molecule has 1 aromatic heterocycles. The lowest BCUT2D eigenvalue weighted by atomic mass is 10.2. The summed E-state index contributed by atoms with van der Waals surface area (Å²) < 4.78 is 1.94. The minimum atomic E-state index is -0.120. The number of nitriles is 1. The molecule has 0 saturated heterocycles. The van der Waals surface area contributed by atoms with Gasteiger partial charge in [0.05, 0.1) is 18.3 Å². The van der Waals surface area contributed by atoms with Crippen LogP contribution in [-0.4, -0.2) is 21.9 Å². The highest BCUT2D eigenvalue weighted by Gasteiger charge is 2.25. The maximum Gasteiger partial charge on any atom is 0.115 e. The average Bonchev–Trinajstić information content (AvgIpc) is 3.04. The van der Waals surface area contributed by atoms with Crippen LogP contribution in [0, 0.1) is 32.1 Å². The van der Waals surface area contributed by atoms with Gasteiger partial charge in [0.15, 0.2) is 0 Å². The van der Waals surface area contributed by atoms with E-state index in [9.17, 15) is 0 Å². The molecule has 0 aromatic carbocycles. The van der Waals surface area contributed by atoms with E-state index in [0.717, 1.165) is 11.4 Å². The standard InChI is InChI=1S/C12H18N4/c1-8-9(2)15-16(10(8)3)7-12(6-13)14-11-4-5-11/h11-12,14H,4-5,7H2,1-3H3. The highest BCUT2D eigenvalue weighted by molar-refractivity contribution is 5.22. The lowest BCUT2D eigenvalue weighted by Gasteiger charge is -2.12. The Labute approximate surface area is 96.3 Å². The van der Waals surface area contributed by atoms with Gasteiger partial charge in [-0.2, -0.15) is 10.4 Å². The predicted octanol–water partition coefficient (Wildman–Crippen LogP) is 1.45. The Morgan fingerprint density at radius 2 is 2.19 bits per heavy atom. The summed E-state index contributed by atoms with van der Waals surface area (Å²) in [4.78, 5) is 0. The van der Waals surface area contributed by atoms with E-state index in [-0.39, 0.29) is 6.04 Å². The van der Waals surface area contributed by atoms with Crippen LogP contribution in [0.2, 0.25) is 0 Å². The molecule has 16 heavy (non-hydrogen) atoms. The summed E-state index contributed by atoms with van der Waals surface area (Å²) in [6.07, 6.45) is 2.41. The molecule has 2 rings (SSSR count). The first-order chi connectivity index (χ1) is 7.61. The first-order valence-corrected chi connectivity index (χ1v) is 5.78. The molecule has 1 heterocycles. The molecule has 4 heteroatoms. The largest absolute Gasteiger partial charge is 0.298 e. The molecule has 1 fully saturated rings. The van der Waals surface area contributed by atoms with Crippen LogP contribution in [0.15, 0.2) is 0 Å². The van der Waals surface area contributed by atoms with Crippen LogP contribution in [0.3, 0.4) is 0 Å². The van der Waals surface area contributed by atoms with Crippen molar-refractivity contribution in [3.63, 3.8) is 0 Å². The minimum Gasteiger partial charge on any atom is -0.298 e. The number of rotatable bonds is 4. The fraction of sp³-hybridized carbons (Fsp3) is 0.667. The Bertz CT molecular complexity index is 423. The molecule has 1 aliphatic rings. The summed E-state index contributed by atoms with van der Waals surface area (Å²) >= 11 is 0. The lowest BCUT2D eigenvalue weighted by Crippen LogP contribution is -2.34. The van der Waals surface area contributed by atoms with Gasteiger partial charge in [0.2, 0.25) is 0 Å². The van der Waals surface area contributed by atoms with Crippen molar-refractivity contribution in [3.8, 4) is 6.07 Å². The molecule has 1 aromatic rings. The first kappa shape index (κ1) is 11.2. The van der Waals surface area contributed by atoms with Crippen molar-refractivity contribution in [2.75, 3.05) is 0 Å². The summed E-state index contributed by atoms with van der Waals surface area (Å²) in [5.41, 5.74) is 3.44. The molecule has 1 saturated carbocycles. The summed E-state index contributed by atoms with van der Waals surface area (Å²) in [6, 6.07) is 2.74. The first-order valence-electron chi connectivity index (χ1n) is 5.78. The number of aryl methyl sites for hydroxylation is 1. The monoisotopic (exact) mass is 218 g/mol. The van der Waals surface area contributed by atoms with Gasteiger partial charge >= 0.3 is 0 Å². The van der Waals surface area contributed by atoms with Gasteiger partial charge in [-0.1, -0.05) is 0 Å². The van der Waals surface area contributed by atoms with Crippen molar-refractivity contribution in [2.45, 2.75) is 52.2 Å². The molecular formula is C12H18N4. The fourth-order valence-corrected chi connectivity index (χ4v) is 1.80. The molecule has 1 N–H and O–H groups in total. The maximum atomic E-state index is 9.08. The van der Waals surface area contributed by atoms with Gasteiger partial charge in [-0.05, 0) is 39.2 Å². The van der Waals surface area contributed by atoms with E-state index in [2.05, 4.69) is 30.3 Å². The third-order valence-corrected chi connectivity index (χ3v) is 3.27. The predicted molar refractivity (Wildman–Crippen MR) is 62.0 cm³/mol. The molecule has 0 aliphatic heterocycles. The molecule has 86 valence electrons. The van der Waals surface area contributed by atoms with Crippen LogP contribution in [-0.2, 0) is 6.54 Å². The number of nitrogens with zero attached hydrogens (tertiary/aromatic N) is 3. The summed E-state index contributed by atoms with van der Waals surface area (Å²) in [7, 11) is 0. The van der Waals surface area contributed by atoms with Gasteiger partial charge in [-0.15, -0.1) is 0 Å². The fourth-order valence-electron chi connectivity index (χ4n) is 1.80. The van der Waals surface area contributed by atoms with Gasteiger partial charge in [-0.25, -0.2) is 0 Å². The third kappa shape index (κ3) is 2.25. The SMILES string of the molecule is Cc1nn(CC(C#N)NC2CC2)c(C)c1C. The second kappa shape index (κ2) is 4.26. The topological polar surface area (TPSA) is 53.6 Å². The molecule has 1 atom stereocenters. The molecule has 0 radical (unpaired) electrons. The Morgan fingerprint density at radius 1 is 1.50 bits per heavy atom. The zero-order valence-corrected chi connectivity index (χ0v) is 10.1. The zero-order valence-electron chi connectivity index (χ0n) is 10.1. The summed E-state index contributed by atoms with van der Waals surface area (Å²) in [6.45, 7) is 6.78. The second-order valence-electron chi connectivity index (χ2n) is 4.60. The van der Waals surface area contributed by atoms with Crippen LogP contribution in [0.4, 0.5) is 0 Å². The van der Waals surface area contributed by atoms with Gasteiger partial charge in [0, 0.05) is 11.7 Å². The maximum absolute atomic E-state index is 9.08. The summed E-state index contributed by atoms with van der Waals surface area (Å²) in [5, 5.41) is 16.9. The van der Waals surface area contributed by atoms with E-state index in [1.165, 1.54) is 18.4 Å². The Hall–Kier alpha value is -1.34. The van der Waals surface area contributed by atoms with Crippen LogP contribution >= 0.6 is 0 Å². The molecular weight excluding hydrogens is 200 g/mol. The van der Waals surface area contributed by atoms with Crippen molar-refractivity contribution in [3.05, 3.63) is 17.0 Å². The Kier molecular flexibility index (Phi) is 2.97. The van der Waals surface area contributed by atoms with Crippen molar-refractivity contribution >= 4 is 0 Å². The summed E-state index contributed by atoms with van der Waals surface area (Å²) in [5.74, 6) is 0. The number of hydrogen-bond acceptors (Lipinski definition) is 3. The van der Waals surface area contributed by atoms with Gasteiger partial charge < -0.3 is 0 Å². The number of nitrogens with one attached hydrogen (secondary N) is 1. The quantitative estimate of drug-likeness (QED) is 0.832. The minimum absolute atomic E-state index is 0.120. The van der Waals surface area contributed by atoms with Crippen molar-refractivity contribution in [1.29, 1.82) is 5.26 Å². The van der Waals surface area contributed by atoms with Crippen LogP contribution in [0.25, 0.3) is 0 Å². The molecule has 4 nitrogen and oxygen atoms in total. The van der Waals surface area contributed by atoms with E-state index in [0.29, 0.717) is 12.6 Å². The lowest BCUT2D eigenvalue weighted by molar-refractivity contribution is 0.480. The van der Waals surface area contributed by atoms with E-state index in [1.54, 1.807) is 0 Å². The smallest absolute Gasteiger partial charge is 0.115 e. The second-order valence-corrected chi connectivity index (χ2v) is 4.60. The Balaban J connectivity index is 2.06.